The molecular weight excluding hydrogens is 188 g/mol. The van der Waals surface area contributed by atoms with Crippen molar-refractivity contribution in [2.75, 3.05) is 6.67 Å². The summed E-state index contributed by atoms with van der Waals surface area (Å²) in [5.74, 6) is -2.17. The molecule has 0 radical (unpaired) electrons. The zero-order valence-corrected chi connectivity index (χ0v) is 7.79. The summed E-state index contributed by atoms with van der Waals surface area (Å²) in [6.07, 6.45) is -0.294. The van der Waals surface area contributed by atoms with Crippen LogP contribution in [0.25, 0.3) is 0 Å². The van der Waals surface area contributed by atoms with E-state index in [9.17, 15) is 14.4 Å². The Morgan fingerprint density at radius 2 is 1.93 bits per heavy atom. The largest absolute Gasteiger partial charge is 0.481 e. The van der Waals surface area contributed by atoms with Gasteiger partial charge in [-0.1, -0.05) is 6.92 Å². The number of nitrogens with one attached hydrogen (secondary N) is 2. The maximum Gasteiger partial charge on any atom is 0.304 e. The third kappa shape index (κ3) is 1.55. The zero-order valence-electron chi connectivity index (χ0n) is 7.79. The highest BCUT2D eigenvalue weighted by atomic mass is 16.4. The van der Waals surface area contributed by atoms with E-state index in [-0.39, 0.29) is 13.1 Å². The molecule has 0 aromatic rings. The summed E-state index contributed by atoms with van der Waals surface area (Å²) >= 11 is 0. The van der Waals surface area contributed by atoms with Crippen molar-refractivity contribution in [3.8, 4) is 0 Å². The summed E-state index contributed by atoms with van der Waals surface area (Å²) in [6, 6.07) is 0. The number of hydrogen-bond acceptors (Lipinski definition) is 3. The third-order valence-corrected chi connectivity index (χ3v) is 2.42. The molecule has 0 bridgehead atoms. The molecule has 14 heavy (non-hydrogen) atoms. The molecule has 1 aliphatic heterocycles. The van der Waals surface area contributed by atoms with Gasteiger partial charge in [0.2, 0.25) is 11.8 Å². The molecular formula is C8H12N2O4. The highest BCUT2D eigenvalue weighted by molar-refractivity contribution is 6.08. The second-order valence-electron chi connectivity index (χ2n) is 3.19. The van der Waals surface area contributed by atoms with Crippen molar-refractivity contribution >= 4 is 17.8 Å². The fourth-order valence-corrected chi connectivity index (χ4v) is 1.51. The Kier molecular flexibility index (Phi) is 2.73. The summed E-state index contributed by atoms with van der Waals surface area (Å²) < 4.78 is 0. The molecule has 1 saturated heterocycles. The lowest BCUT2D eigenvalue weighted by molar-refractivity contribution is -0.155. The number of rotatable bonds is 3. The first kappa shape index (κ1) is 10.5. The molecule has 6 heteroatoms. The maximum atomic E-state index is 11.5. The number of amides is 2. The molecule has 1 rings (SSSR count). The van der Waals surface area contributed by atoms with Crippen LogP contribution < -0.4 is 10.6 Å². The first-order valence-corrected chi connectivity index (χ1v) is 4.31. The van der Waals surface area contributed by atoms with Crippen molar-refractivity contribution in [3.63, 3.8) is 0 Å². The molecule has 0 aliphatic carbocycles. The Labute approximate surface area is 80.7 Å². The number of carboxylic acids is 1. The SMILES string of the molecule is CCC1(CC(=O)O)C(=O)NCNC1=O. The van der Waals surface area contributed by atoms with Crippen molar-refractivity contribution in [1.82, 2.24) is 10.6 Å². The average molecular weight is 200 g/mol. The van der Waals surface area contributed by atoms with E-state index in [4.69, 9.17) is 5.11 Å². The van der Waals surface area contributed by atoms with Gasteiger partial charge < -0.3 is 15.7 Å². The van der Waals surface area contributed by atoms with Gasteiger partial charge in [0.25, 0.3) is 0 Å². The second-order valence-corrected chi connectivity index (χ2v) is 3.19. The summed E-state index contributed by atoms with van der Waals surface area (Å²) in [5, 5.41) is 13.5. The molecule has 1 fully saturated rings. The minimum absolute atomic E-state index is 0.0685. The van der Waals surface area contributed by atoms with Gasteiger partial charge in [0.1, 0.15) is 5.41 Å². The lowest BCUT2D eigenvalue weighted by atomic mass is 9.79. The Morgan fingerprint density at radius 3 is 2.29 bits per heavy atom. The lowest BCUT2D eigenvalue weighted by Crippen LogP contribution is -2.60. The van der Waals surface area contributed by atoms with E-state index in [0.29, 0.717) is 0 Å². The molecule has 1 heterocycles. The summed E-state index contributed by atoms with van der Waals surface area (Å²) in [4.78, 5) is 33.5. The van der Waals surface area contributed by atoms with E-state index in [1.165, 1.54) is 0 Å². The monoisotopic (exact) mass is 200 g/mol. The molecule has 78 valence electrons. The van der Waals surface area contributed by atoms with E-state index >= 15 is 0 Å². The summed E-state index contributed by atoms with van der Waals surface area (Å²) in [5.41, 5.74) is -1.44. The van der Waals surface area contributed by atoms with Crippen LogP contribution >= 0.6 is 0 Å². The van der Waals surface area contributed by atoms with Crippen molar-refractivity contribution in [2.45, 2.75) is 19.8 Å². The van der Waals surface area contributed by atoms with E-state index in [0.717, 1.165) is 0 Å². The van der Waals surface area contributed by atoms with Crippen LogP contribution in [-0.2, 0) is 14.4 Å². The Balaban J connectivity index is 2.97. The molecule has 0 spiro atoms. The lowest BCUT2D eigenvalue weighted by Gasteiger charge is -2.32. The first-order chi connectivity index (χ1) is 6.53. The topological polar surface area (TPSA) is 95.5 Å². The molecule has 0 atom stereocenters. The minimum Gasteiger partial charge on any atom is -0.481 e. The average Bonchev–Trinajstić information content (AvgIpc) is 2.11. The predicted octanol–water partition coefficient (Wildman–Crippen LogP) is -0.939. The Morgan fingerprint density at radius 1 is 1.43 bits per heavy atom. The smallest absolute Gasteiger partial charge is 0.304 e. The fraction of sp³-hybridized carbons (Fsp3) is 0.625. The van der Waals surface area contributed by atoms with Crippen molar-refractivity contribution < 1.29 is 19.5 Å². The molecule has 3 N–H and O–H groups in total. The highest BCUT2D eigenvalue weighted by Gasteiger charge is 2.48. The van der Waals surface area contributed by atoms with Gasteiger partial charge in [-0.25, -0.2) is 0 Å². The van der Waals surface area contributed by atoms with Gasteiger partial charge in [-0.15, -0.1) is 0 Å². The van der Waals surface area contributed by atoms with E-state index in [1.807, 2.05) is 0 Å². The molecule has 0 unspecified atom stereocenters. The molecule has 2 amide bonds. The van der Waals surface area contributed by atoms with E-state index in [2.05, 4.69) is 10.6 Å². The maximum absolute atomic E-state index is 11.5. The van der Waals surface area contributed by atoms with Crippen LogP contribution in [0.15, 0.2) is 0 Å². The van der Waals surface area contributed by atoms with Crippen LogP contribution in [-0.4, -0.2) is 29.6 Å². The fourth-order valence-electron chi connectivity index (χ4n) is 1.51. The van der Waals surface area contributed by atoms with Gasteiger partial charge in [-0.05, 0) is 6.42 Å². The van der Waals surface area contributed by atoms with E-state index < -0.39 is 29.6 Å². The minimum atomic E-state index is -1.44. The normalized spacial score (nSPS) is 19.8. The van der Waals surface area contributed by atoms with Crippen molar-refractivity contribution in [1.29, 1.82) is 0 Å². The van der Waals surface area contributed by atoms with Crippen LogP contribution in [0, 0.1) is 5.41 Å². The molecule has 6 nitrogen and oxygen atoms in total. The number of carboxylic acid groups (broad SMARTS) is 1. The molecule has 0 saturated carbocycles. The molecule has 0 aromatic heterocycles. The van der Waals surface area contributed by atoms with Gasteiger partial charge >= 0.3 is 5.97 Å². The standard InChI is InChI=1S/C8H12N2O4/c1-2-8(3-5(11)12)6(13)9-4-10-7(8)14/h2-4H2,1H3,(H,9,13)(H,10,14)(H,11,12). The van der Waals surface area contributed by atoms with Crippen molar-refractivity contribution in [2.24, 2.45) is 5.41 Å². The highest BCUT2D eigenvalue weighted by Crippen LogP contribution is 2.28. The van der Waals surface area contributed by atoms with Crippen LogP contribution in [0.4, 0.5) is 0 Å². The third-order valence-electron chi connectivity index (χ3n) is 2.42. The van der Waals surface area contributed by atoms with E-state index in [1.54, 1.807) is 6.92 Å². The van der Waals surface area contributed by atoms with Crippen LogP contribution in [0.5, 0.6) is 0 Å². The quantitative estimate of drug-likeness (QED) is 0.512. The van der Waals surface area contributed by atoms with Crippen LogP contribution in [0.3, 0.4) is 0 Å². The Hall–Kier alpha value is -1.59. The predicted molar refractivity (Wildman–Crippen MR) is 46.1 cm³/mol. The van der Waals surface area contributed by atoms with Crippen molar-refractivity contribution in [3.05, 3.63) is 0 Å². The zero-order chi connectivity index (χ0) is 10.8. The van der Waals surface area contributed by atoms with Crippen LogP contribution in [0.2, 0.25) is 0 Å². The van der Waals surface area contributed by atoms with Gasteiger partial charge in [0, 0.05) is 0 Å². The number of aliphatic carboxylic acids is 1. The summed E-state index contributed by atoms with van der Waals surface area (Å²) in [7, 11) is 0. The number of carbonyl (C=O) groups excluding carboxylic acids is 2. The Bertz CT molecular complexity index is 271. The van der Waals surface area contributed by atoms with Gasteiger partial charge in [0.05, 0.1) is 13.1 Å². The molecule has 0 aromatic carbocycles. The second kappa shape index (κ2) is 3.65. The van der Waals surface area contributed by atoms with Gasteiger partial charge in [-0.2, -0.15) is 0 Å². The number of carbonyl (C=O) groups is 3. The summed E-state index contributed by atoms with van der Waals surface area (Å²) in [6.45, 7) is 1.69. The first-order valence-electron chi connectivity index (χ1n) is 4.31. The van der Waals surface area contributed by atoms with Crippen LogP contribution in [0.1, 0.15) is 19.8 Å². The van der Waals surface area contributed by atoms with Gasteiger partial charge in [0.15, 0.2) is 0 Å². The number of hydrogen-bond donors (Lipinski definition) is 3. The molecule has 1 aliphatic rings. The van der Waals surface area contributed by atoms with Gasteiger partial charge in [-0.3, -0.25) is 14.4 Å².